The standard InChI is InChI=1S/C9H14N4O/c1-2-7(6-10)9(14)12-8-4-3-5-11-13-8/h3-5,7H,2,6,10H2,1H3,(H,12,13,14). The van der Waals surface area contributed by atoms with Crippen LogP contribution in [0.2, 0.25) is 0 Å². The van der Waals surface area contributed by atoms with Gasteiger partial charge in [0.15, 0.2) is 5.82 Å². The van der Waals surface area contributed by atoms with Crippen molar-refractivity contribution in [2.45, 2.75) is 13.3 Å². The lowest BCUT2D eigenvalue weighted by Crippen LogP contribution is -2.29. The second-order valence-electron chi connectivity index (χ2n) is 2.94. The molecule has 3 N–H and O–H groups in total. The Balaban J connectivity index is 2.57. The zero-order chi connectivity index (χ0) is 10.4. The number of carbonyl (C=O) groups is 1. The van der Waals surface area contributed by atoms with Gasteiger partial charge >= 0.3 is 0 Å². The molecule has 0 fully saturated rings. The molecule has 0 saturated heterocycles. The minimum atomic E-state index is -0.156. The molecule has 1 heterocycles. The van der Waals surface area contributed by atoms with Gasteiger partial charge in [-0.15, -0.1) is 5.10 Å². The molecular formula is C9H14N4O. The zero-order valence-corrected chi connectivity index (χ0v) is 8.10. The van der Waals surface area contributed by atoms with Gasteiger partial charge in [-0.25, -0.2) is 0 Å². The number of carbonyl (C=O) groups excluding carboxylic acids is 1. The Morgan fingerprint density at radius 1 is 1.71 bits per heavy atom. The van der Waals surface area contributed by atoms with E-state index in [0.717, 1.165) is 6.42 Å². The minimum absolute atomic E-state index is 0.101. The van der Waals surface area contributed by atoms with Gasteiger partial charge in [0.2, 0.25) is 5.91 Å². The molecule has 1 rings (SSSR count). The minimum Gasteiger partial charge on any atom is -0.330 e. The van der Waals surface area contributed by atoms with Crippen LogP contribution in [0.4, 0.5) is 5.82 Å². The lowest BCUT2D eigenvalue weighted by molar-refractivity contribution is -0.119. The number of rotatable bonds is 4. The van der Waals surface area contributed by atoms with Crippen LogP contribution in [0.3, 0.4) is 0 Å². The van der Waals surface area contributed by atoms with Crippen molar-refractivity contribution in [3.8, 4) is 0 Å². The van der Waals surface area contributed by atoms with Crippen molar-refractivity contribution in [1.29, 1.82) is 0 Å². The molecule has 0 aromatic carbocycles. The van der Waals surface area contributed by atoms with Crippen molar-refractivity contribution in [3.63, 3.8) is 0 Å². The van der Waals surface area contributed by atoms with Gasteiger partial charge in [0.05, 0.1) is 5.92 Å². The van der Waals surface area contributed by atoms with Gasteiger partial charge in [-0.3, -0.25) is 4.79 Å². The quantitative estimate of drug-likeness (QED) is 0.727. The van der Waals surface area contributed by atoms with E-state index in [1.807, 2.05) is 6.92 Å². The lowest BCUT2D eigenvalue weighted by atomic mass is 10.1. The summed E-state index contributed by atoms with van der Waals surface area (Å²) >= 11 is 0. The second-order valence-corrected chi connectivity index (χ2v) is 2.94. The largest absolute Gasteiger partial charge is 0.330 e. The highest BCUT2D eigenvalue weighted by Gasteiger charge is 2.14. The summed E-state index contributed by atoms with van der Waals surface area (Å²) in [7, 11) is 0. The van der Waals surface area contributed by atoms with Crippen LogP contribution in [0.15, 0.2) is 18.3 Å². The SMILES string of the molecule is CCC(CN)C(=O)Nc1cccnn1. The summed E-state index contributed by atoms with van der Waals surface area (Å²) in [4.78, 5) is 11.5. The van der Waals surface area contributed by atoms with Crippen LogP contribution in [0.25, 0.3) is 0 Å². The van der Waals surface area contributed by atoms with Crippen LogP contribution >= 0.6 is 0 Å². The first kappa shape index (κ1) is 10.6. The summed E-state index contributed by atoms with van der Waals surface area (Å²) < 4.78 is 0. The molecule has 5 nitrogen and oxygen atoms in total. The Kier molecular flexibility index (Phi) is 4.00. The Morgan fingerprint density at radius 3 is 3.00 bits per heavy atom. The predicted octanol–water partition coefficient (Wildman–Crippen LogP) is 0.400. The summed E-state index contributed by atoms with van der Waals surface area (Å²) in [5.74, 6) is 0.205. The molecule has 1 aromatic rings. The molecule has 14 heavy (non-hydrogen) atoms. The third kappa shape index (κ3) is 2.77. The van der Waals surface area contributed by atoms with Gasteiger partial charge in [0.25, 0.3) is 0 Å². The molecule has 1 unspecified atom stereocenters. The van der Waals surface area contributed by atoms with Gasteiger partial charge in [-0.2, -0.15) is 5.10 Å². The average Bonchev–Trinajstić information content (AvgIpc) is 2.21. The van der Waals surface area contributed by atoms with Gasteiger partial charge in [-0.1, -0.05) is 6.92 Å². The first-order valence-corrected chi connectivity index (χ1v) is 4.56. The first-order valence-electron chi connectivity index (χ1n) is 4.56. The first-order chi connectivity index (χ1) is 6.77. The smallest absolute Gasteiger partial charge is 0.229 e. The number of aromatic nitrogens is 2. The summed E-state index contributed by atoms with van der Waals surface area (Å²) in [5.41, 5.74) is 5.44. The van der Waals surface area contributed by atoms with Crippen molar-refractivity contribution in [3.05, 3.63) is 18.3 Å². The summed E-state index contributed by atoms with van der Waals surface area (Å²) in [6.07, 6.45) is 2.28. The van der Waals surface area contributed by atoms with Gasteiger partial charge < -0.3 is 11.1 Å². The molecule has 5 heteroatoms. The van der Waals surface area contributed by atoms with Crippen LogP contribution in [0.1, 0.15) is 13.3 Å². The molecule has 1 atom stereocenters. The fourth-order valence-corrected chi connectivity index (χ4v) is 1.06. The van der Waals surface area contributed by atoms with Crippen molar-refractivity contribution in [2.75, 3.05) is 11.9 Å². The van der Waals surface area contributed by atoms with E-state index in [9.17, 15) is 4.79 Å². The Morgan fingerprint density at radius 2 is 2.50 bits per heavy atom. The van der Waals surface area contributed by atoms with Crippen LogP contribution in [0, 0.1) is 5.92 Å². The van der Waals surface area contributed by atoms with Crippen LogP contribution in [0.5, 0.6) is 0 Å². The molecule has 1 aromatic heterocycles. The summed E-state index contributed by atoms with van der Waals surface area (Å²) in [6.45, 7) is 2.27. The topological polar surface area (TPSA) is 80.9 Å². The van der Waals surface area contributed by atoms with Crippen molar-refractivity contribution < 1.29 is 4.79 Å². The number of nitrogens with two attached hydrogens (primary N) is 1. The van der Waals surface area contributed by atoms with Gasteiger partial charge in [0.1, 0.15) is 0 Å². The lowest BCUT2D eigenvalue weighted by Gasteiger charge is -2.11. The molecule has 0 aliphatic rings. The fraction of sp³-hybridized carbons (Fsp3) is 0.444. The monoisotopic (exact) mass is 194 g/mol. The van der Waals surface area contributed by atoms with E-state index in [4.69, 9.17) is 5.73 Å². The van der Waals surface area contributed by atoms with Gasteiger partial charge in [0, 0.05) is 12.7 Å². The molecule has 0 spiro atoms. The zero-order valence-electron chi connectivity index (χ0n) is 8.10. The molecule has 0 saturated carbocycles. The average molecular weight is 194 g/mol. The highest BCUT2D eigenvalue weighted by atomic mass is 16.1. The number of hydrogen-bond acceptors (Lipinski definition) is 4. The number of anilines is 1. The number of nitrogens with one attached hydrogen (secondary N) is 1. The van der Waals surface area contributed by atoms with Crippen LogP contribution in [-0.4, -0.2) is 22.6 Å². The van der Waals surface area contributed by atoms with Crippen LogP contribution in [-0.2, 0) is 4.79 Å². The molecule has 0 bridgehead atoms. The van der Waals surface area contributed by atoms with E-state index in [-0.39, 0.29) is 11.8 Å². The van der Waals surface area contributed by atoms with E-state index >= 15 is 0 Å². The molecule has 76 valence electrons. The van der Waals surface area contributed by atoms with Crippen molar-refractivity contribution >= 4 is 11.7 Å². The van der Waals surface area contributed by atoms with Crippen LogP contribution < -0.4 is 11.1 Å². The maximum absolute atomic E-state index is 11.5. The fourth-order valence-electron chi connectivity index (χ4n) is 1.06. The predicted molar refractivity (Wildman–Crippen MR) is 53.5 cm³/mol. The summed E-state index contributed by atoms with van der Waals surface area (Å²) in [6, 6.07) is 3.40. The Bertz CT molecular complexity index is 284. The number of amides is 1. The van der Waals surface area contributed by atoms with Crippen molar-refractivity contribution in [1.82, 2.24) is 10.2 Å². The van der Waals surface area contributed by atoms with Gasteiger partial charge in [-0.05, 0) is 18.6 Å². The molecule has 0 radical (unpaired) electrons. The maximum atomic E-state index is 11.5. The summed E-state index contributed by atoms with van der Waals surface area (Å²) in [5, 5.41) is 10.1. The van der Waals surface area contributed by atoms with E-state index in [1.54, 1.807) is 18.3 Å². The van der Waals surface area contributed by atoms with Crippen molar-refractivity contribution in [2.24, 2.45) is 11.7 Å². The number of hydrogen-bond donors (Lipinski definition) is 2. The third-order valence-electron chi connectivity index (χ3n) is 1.97. The molecule has 0 aliphatic heterocycles. The van der Waals surface area contributed by atoms with E-state index in [1.165, 1.54) is 0 Å². The highest BCUT2D eigenvalue weighted by Crippen LogP contribution is 2.05. The molecule has 0 aliphatic carbocycles. The maximum Gasteiger partial charge on any atom is 0.229 e. The second kappa shape index (κ2) is 5.29. The van der Waals surface area contributed by atoms with E-state index in [0.29, 0.717) is 12.4 Å². The Hall–Kier alpha value is -1.49. The van der Waals surface area contributed by atoms with E-state index < -0.39 is 0 Å². The normalized spacial score (nSPS) is 12.1. The molecular weight excluding hydrogens is 180 g/mol. The Labute approximate surface area is 82.7 Å². The van der Waals surface area contributed by atoms with E-state index in [2.05, 4.69) is 15.5 Å². The third-order valence-corrected chi connectivity index (χ3v) is 1.97. The number of nitrogens with zero attached hydrogens (tertiary/aromatic N) is 2. The molecule has 1 amide bonds. The highest BCUT2D eigenvalue weighted by molar-refractivity contribution is 5.91.